The highest BCUT2D eigenvalue weighted by Crippen LogP contribution is 2.27. The smallest absolute Gasteiger partial charge is 0.475 e. The van der Waals surface area contributed by atoms with Crippen molar-refractivity contribution in [1.29, 1.82) is 0 Å². The third kappa shape index (κ3) is 10.3. The lowest BCUT2D eigenvalue weighted by atomic mass is 10.1. The van der Waals surface area contributed by atoms with Crippen molar-refractivity contribution in [1.82, 2.24) is 19.4 Å². The monoisotopic (exact) mass is 558 g/mol. The topological polar surface area (TPSA) is 98.9 Å². The van der Waals surface area contributed by atoms with Crippen LogP contribution in [-0.2, 0) is 29.2 Å². The first kappa shape index (κ1) is 32.8. The van der Waals surface area contributed by atoms with Crippen LogP contribution >= 0.6 is 0 Å². The third-order valence-corrected chi connectivity index (χ3v) is 5.58. The number of benzene rings is 1. The van der Waals surface area contributed by atoms with Crippen molar-refractivity contribution in [3.8, 4) is 0 Å². The molecule has 3 rings (SSSR count). The average Bonchev–Trinajstić information content (AvgIpc) is 3.20. The zero-order chi connectivity index (χ0) is 29.4. The fraction of sp³-hybridized carbons (Fsp3) is 0.522. The number of imidazole rings is 1. The summed E-state index contributed by atoms with van der Waals surface area (Å²) in [6.45, 7) is 10.3. The van der Waals surface area contributed by atoms with E-state index in [0.717, 1.165) is 37.6 Å². The molecule has 1 atom stereocenters. The molecular formula is C23H29F7N4O4. The minimum absolute atomic E-state index is 0.181. The molecule has 0 spiro atoms. The van der Waals surface area contributed by atoms with E-state index in [1.165, 1.54) is 17.8 Å². The van der Waals surface area contributed by atoms with Crippen molar-refractivity contribution in [2.75, 3.05) is 13.6 Å². The SMILES string of the molecule is CC(C)N(C)Cc1cnc2n1CCN(Cc1ccc(F)cc1)C2C.O=C(O)C(F)(F)F.O=C(O)C(F)(F)F. The van der Waals surface area contributed by atoms with Gasteiger partial charge in [0.05, 0.1) is 11.7 Å². The Kier molecular flexibility index (Phi) is 11.7. The molecule has 0 saturated heterocycles. The maximum absolute atomic E-state index is 13.1. The number of nitrogens with zero attached hydrogens (tertiary/aromatic N) is 4. The van der Waals surface area contributed by atoms with Gasteiger partial charge in [-0.1, -0.05) is 12.1 Å². The molecule has 0 bridgehead atoms. The van der Waals surface area contributed by atoms with Crippen molar-refractivity contribution < 1.29 is 50.5 Å². The Morgan fingerprint density at radius 3 is 1.92 bits per heavy atom. The summed E-state index contributed by atoms with van der Waals surface area (Å²) in [7, 11) is 2.15. The molecule has 1 aliphatic heterocycles. The zero-order valence-corrected chi connectivity index (χ0v) is 21.0. The Bertz CT molecular complexity index is 1030. The molecule has 8 nitrogen and oxygen atoms in total. The van der Waals surface area contributed by atoms with Gasteiger partial charge in [-0.25, -0.2) is 19.0 Å². The van der Waals surface area contributed by atoms with Crippen LogP contribution in [0.15, 0.2) is 30.5 Å². The van der Waals surface area contributed by atoms with Gasteiger partial charge in [-0.2, -0.15) is 26.3 Å². The normalized spacial score (nSPS) is 15.8. The largest absolute Gasteiger partial charge is 0.490 e. The summed E-state index contributed by atoms with van der Waals surface area (Å²) in [4.78, 5) is 27.2. The number of hydrogen-bond acceptors (Lipinski definition) is 5. The molecule has 1 aliphatic rings. The second-order valence-corrected chi connectivity index (χ2v) is 8.65. The minimum atomic E-state index is -5.08. The molecule has 0 aliphatic carbocycles. The third-order valence-electron chi connectivity index (χ3n) is 5.58. The predicted octanol–water partition coefficient (Wildman–Crippen LogP) is 4.71. The van der Waals surface area contributed by atoms with Crippen LogP contribution in [0.2, 0.25) is 0 Å². The molecule has 1 unspecified atom stereocenters. The number of alkyl halides is 6. The number of carbonyl (C=O) groups is 2. The highest BCUT2D eigenvalue weighted by Gasteiger charge is 2.38. The Hall–Kier alpha value is -3.20. The molecule has 1 aromatic carbocycles. The molecule has 0 amide bonds. The van der Waals surface area contributed by atoms with E-state index in [1.807, 2.05) is 18.3 Å². The molecule has 2 aromatic rings. The lowest BCUT2D eigenvalue weighted by molar-refractivity contribution is -0.193. The van der Waals surface area contributed by atoms with Crippen LogP contribution < -0.4 is 0 Å². The Morgan fingerprint density at radius 1 is 1.03 bits per heavy atom. The number of carboxylic acids is 2. The highest BCUT2D eigenvalue weighted by molar-refractivity contribution is 5.73. The van der Waals surface area contributed by atoms with E-state index in [0.29, 0.717) is 6.04 Å². The minimum Gasteiger partial charge on any atom is -0.475 e. The van der Waals surface area contributed by atoms with E-state index >= 15 is 0 Å². The summed E-state index contributed by atoms with van der Waals surface area (Å²) in [5.74, 6) is -4.56. The number of halogens is 7. The van der Waals surface area contributed by atoms with Crippen LogP contribution in [-0.4, -0.2) is 73.5 Å². The van der Waals surface area contributed by atoms with Gasteiger partial charge in [-0.05, 0) is 45.5 Å². The lowest BCUT2D eigenvalue weighted by Crippen LogP contribution is -2.37. The van der Waals surface area contributed by atoms with Gasteiger partial charge in [0, 0.05) is 38.4 Å². The van der Waals surface area contributed by atoms with Crippen LogP contribution in [0.1, 0.15) is 43.9 Å². The average molecular weight is 558 g/mol. The van der Waals surface area contributed by atoms with E-state index in [1.54, 1.807) is 0 Å². The maximum atomic E-state index is 13.1. The molecule has 214 valence electrons. The maximum Gasteiger partial charge on any atom is 0.490 e. The van der Waals surface area contributed by atoms with E-state index in [2.05, 4.69) is 42.2 Å². The van der Waals surface area contributed by atoms with Gasteiger partial charge >= 0.3 is 24.3 Å². The fourth-order valence-corrected chi connectivity index (χ4v) is 3.21. The van der Waals surface area contributed by atoms with E-state index in [-0.39, 0.29) is 11.9 Å². The molecule has 38 heavy (non-hydrogen) atoms. The van der Waals surface area contributed by atoms with Crippen molar-refractivity contribution in [2.45, 2.75) is 64.8 Å². The van der Waals surface area contributed by atoms with Crippen molar-refractivity contribution in [3.63, 3.8) is 0 Å². The Balaban J connectivity index is 0.000000426. The first-order valence-electron chi connectivity index (χ1n) is 11.2. The van der Waals surface area contributed by atoms with Gasteiger partial charge in [0.2, 0.25) is 0 Å². The van der Waals surface area contributed by atoms with Crippen molar-refractivity contribution in [2.24, 2.45) is 0 Å². The second-order valence-electron chi connectivity index (χ2n) is 8.65. The molecule has 2 N–H and O–H groups in total. The Labute approximate surface area is 214 Å². The van der Waals surface area contributed by atoms with Gasteiger partial charge < -0.3 is 14.8 Å². The summed E-state index contributed by atoms with van der Waals surface area (Å²) in [5, 5.41) is 14.2. The molecule has 1 aromatic heterocycles. The number of rotatable bonds is 5. The molecule has 15 heteroatoms. The lowest BCUT2D eigenvalue weighted by Gasteiger charge is -2.35. The number of hydrogen-bond donors (Lipinski definition) is 2. The summed E-state index contributed by atoms with van der Waals surface area (Å²) in [5.41, 5.74) is 2.43. The van der Waals surface area contributed by atoms with E-state index in [9.17, 15) is 30.7 Å². The summed E-state index contributed by atoms with van der Waals surface area (Å²) in [6, 6.07) is 7.59. The van der Waals surface area contributed by atoms with Crippen LogP contribution in [0, 0.1) is 5.82 Å². The van der Waals surface area contributed by atoms with Crippen molar-refractivity contribution >= 4 is 11.9 Å². The second kappa shape index (κ2) is 13.6. The fourth-order valence-electron chi connectivity index (χ4n) is 3.21. The van der Waals surface area contributed by atoms with Gasteiger partial charge in [-0.3, -0.25) is 9.80 Å². The summed E-state index contributed by atoms with van der Waals surface area (Å²) >= 11 is 0. The first-order valence-corrected chi connectivity index (χ1v) is 11.2. The number of aliphatic carboxylic acids is 2. The van der Waals surface area contributed by atoms with Crippen molar-refractivity contribution in [3.05, 3.63) is 53.4 Å². The highest BCUT2D eigenvalue weighted by atomic mass is 19.4. The molecule has 0 radical (unpaired) electrons. The first-order chi connectivity index (χ1) is 17.3. The summed E-state index contributed by atoms with van der Waals surface area (Å²) in [6.07, 6.45) is -8.15. The molecule has 0 fully saturated rings. The van der Waals surface area contributed by atoms with Crippen LogP contribution in [0.5, 0.6) is 0 Å². The van der Waals surface area contributed by atoms with Gasteiger partial charge in [0.1, 0.15) is 11.6 Å². The number of fused-ring (bicyclic) bond motifs is 1. The molecular weight excluding hydrogens is 529 g/mol. The number of aromatic nitrogens is 2. The quantitative estimate of drug-likeness (QED) is 0.513. The van der Waals surface area contributed by atoms with E-state index in [4.69, 9.17) is 24.8 Å². The standard InChI is InChI=1S/C19H27FN4.2C2HF3O2/c1-14(2)22(4)13-18-11-21-19-15(3)23(9-10-24(18)19)12-16-5-7-17(20)8-6-16;2*3-2(4,5)1(6)7/h5-8,11,14-15H,9-10,12-13H2,1-4H3;2*(H,6,7). The zero-order valence-electron chi connectivity index (χ0n) is 21.0. The van der Waals surface area contributed by atoms with Crippen LogP contribution in [0.4, 0.5) is 30.7 Å². The van der Waals surface area contributed by atoms with E-state index < -0.39 is 24.3 Å². The van der Waals surface area contributed by atoms with Gasteiger partial charge in [-0.15, -0.1) is 0 Å². The predicted molar refractivity (Wildman–Crippen MR) is 121 cm³/mol. The van der Waals surface area contributed by atoms with Crippen LogP contribution in [0.3, 0.4) is 0 Å². The number of carboxylic acid groups (broad SMARTS) is 2. The molecule has 0 saturated carbocycles. The Morgan fingerprint density at radius 2 is 1.50 bits per heavy atom. The van der Waals surface area contributed by atoms with Gasteiger partial charge in [0.25, 0.3) is 0 Å². The summed E-state index contributed by atoms with van der Waals surface area (Å²) < 4.78 is 78.9. The van der Waals surface area contributed by atoms with Crippen LogP contribution in [0.25, 0.3) is 0 Å². The van der Waals surface area contributed by atoms with Gasteiger partial charge in [0.15, 0.2) is 0 Å². The molecule has 2 heterocycles.